The maximum absolute atomic E-state index is 11.7. The number of halogens is 4. The predicted molar refractivity (Wildman–Crippen MR) is 52.3 cm³/mol. The Labute approximate surface area is 95.5 Å². The molecule has 0 aliphatic heterocycles. The molecule has 92 valence electrons. The SMILES string of the molecule is FC(F)(F)COCCNCc1ccc(Cl)o1. The van der Waals surface area contributed by atoms with Crippen LogP contribution >= 0.6 is 11.6 Å². The predicted octanol–water partition coefficient (Wildman–Crippen LogP) is 2.60. The summed E-state index contributed by atoms with van der Waals surface area (Å²) in [7, 11) is 0. The number of nitrogens with one attached hydrogen (secondary N) is 1. The van der Waals surface area contributed by atoms with Gasteiger partial charge in [-0.3, -0.25) is 0 Å². The third-order valence-corrected chi connectivity index (χ3v) is 1.82. The van der Waals surface area contributed by atoms with E-state index in [9.17, 15) is 13.2 Å². The van der Waals surface area contributed by atoms with Gasteiger partial charge in [-0.15, -0.1) is 0 Å². The molecule has 0 saturated carbocycles. The molecule has 7 heteroatoms. The summed E-state index contributed by atoms with van der Waals surface area (Å²) in [6.45, 7) is -0.508. The van der Waals surface area contributed by atoms with Gasteiger partial charge in [-0.2, -0.15) is 13.2 Å². The van der Waals surface area contributed by atoms with E-state index in [1.54, 1.807) is 12.1 Å². The molecule has 0 aliphatic rings. The van der Waals surface area contributed by atoms with Crippen LogP contribution in [0.1, 0.15) is 5.76 Å². The first kappa shape index (κ1) is 13.3. The van der Waals surface area contributed by atoms with Gasteiger partial charge < -0.3 is 14.5 Å². The van der Waals surface area contributed by atoms with Gasteiger partial charge in [0.05, 0.1) is 13.2 Å². The molecule has 0 aromatic carbocycles. The lowest BCUT2D eigenvalue weighted by atomic mass is 10.4. The summed E-state index contributed by atoms with van der Waals surface area (Å²) in [4.78, 5) is 0. The highest BCUT2D eigenvalue weighted by molar-refractivity contribution is 6.28. The second kappa shape index (κ2) is 6.12. The minimum Gasteiger partial charge on any atom is -0.448 e. The van der Waals surface area contributed by atoms with Crippen LogP contribution in [0, 0.1) is 0 Å². The van der Waals surface area contributed by atoms with Crippen molar-refractivity contribution >= 4 is 11.6 Å². The largest absolute Gasteiger partial charge is 0.448 e. The third-order valence-electron chi connectivity index (χ3n) is 1.62. The van der Waals surface area contributed by atoms with Crippen LogP contribution in [-0.4, -0.2) is 25.9 Å². The van der Waals surface area contributed by atoms with E-state index in [0.717, 1.165) is 0 Å². The summed E-state index contributed by atoms with van der Waals surface area (Å²) >= 11 is 5.53. The van der Waals surface area contributed by atoms with Crippen LogP contribution in [0.15, 0.2) is 16.5 Å². The number of hydrogen-bond acceptors (Lipinski definition) is 3. The van der Waals surface area contributed by atoms with Crippen LogP contribution in [0.5, 0.6) is 0 Å². The van der Waals surface area contributed by atoms with Gasteiger partial charge in [-0.25, -0.2) is 0 Å². The molecule has 1 aromatic rings. The maximum atomic E-state index is 11.7. The first-order valence-electron chi connectivity index (χ1n) is 4.57. The molecule has 3 nitrogen and oxygen atoms in total. The Morgan fingerprint density at radius 3 is 2.69 bits per heavy atom. The minimum atomic E-state index is -4.27. The van der Waals surface area contributed by atoms with Gasteiger partial charge in [0.1, 0.15) is 12.4 Å². The summed E-state index contributed by atoms with van der Waals surface area (Å²) in [5.74, 6) is 0.626. The zero-order valence-corrected chi connectivity index (χ0v) is 9.07. The van der Waals surface area contributed by atoms with Crippen LogP contribution in [0.2, 0.25) is 5.22 Å². The molecule has 1 N–H and O–H groups in total. The summed E-state index contributed by atoms with van der Waals surface area (Å²) in [5, 5.41) is 3.14. The highest BCUT2D eigenvalue weighted by atomic mass is 35.5. The normalized spacial score (nSPS) is 12.0. The van der Waals surface area contributed by atoms with Crippen molar-refractivity contribution in [3.63, 3.8) is 0 Å². The molecular formula is C9H11ClF3NO2. The monoisotopic (exact) mass is 257 g/mol. The highest BCUT2D eigenvalue weighted by Crippen LogP contribution is 2.14. The van der Waals surface area contributed by atoms with E-state index in [1.807, 2.05) is 0 Å². The van der Waals surface area contributed by atoms with Crippen LogP contribution in [0.25, 0.3) is 0 Å². The van der Waals surface area contributed by atoms with Crippen LogP contribution in [0.4, 0.5) is 13.2 Å². The van der Waals surface area contributed by atoms with Gasteiger partial charge in [0.25, 0.3) is 0 Å². The van der Waals surface area contributed by atoms with E-state index in [-0.39, 0.29) is 11.8 Å². The Kier molecular flexibility index (Phi) is 5.11. The van der Waals surface area contributed by atoms with Crippen molar-refractivity contribution in [3.8, 4) is 0 Å². The maximum Gasteiger partial charge on any atom is 0.411 e. The van der Waals surface area contributed by atoms with Crippen molar-refractivity contribution in [2.45, 2.75) is 12.7 Å². The summed E-state index contributed by atoms with van der Waals surface area (Å²) in [6.07, 6.45) is -4.27. The van der Waals surface area contributed by atoms with Crippen molar-refractivity contribution in [3.05, 3.63) is 23.1 Å². The molecule has 0 amide bonds. The van der Waals surface area contributed by atoms with E-state index >= 15 is 0 Å². The average Bonchev–Trinajstić information content (AvgIpc) is 2.56. The molecule has 0 bridgehead atoms. The Balaban J connectivity index is 2.00. The molecule has 0 fully saturated rings. The van der Waals surface area contributed by atoms with Gasteiger partial charge >= 0.3 is 6.18 Å². The Hall–Kier alpha value is -0.720. The van der Waals surface area contributed by atoms with Gasteiger partial charge in [0.15, 0.2) is 5.22 Å². The number of rotatable bonds is 6. The molecular weight excluding hydrogens is 247 g/mol. The van der Waals surface area contributed by atoms with Gasteiger partial charge in [0, 0.05) is 6.54 Å². The zero-order valence-electron chi connectivity index (χ0n) is 8.31. The number of alkyl halides is 3. The van der Waals surface area contributed by atoms with E-state index in [0.29, 0.717) is 18.8 Å². The Morgan fingerprint density at radius 2 is 2.12 bits per heavy atom. The van der Waals surface area contributed by atoms with Crippen molar-refractivity contribution in [2.24, 2.45) is 0 Å². The number of hydrogen-bond donors (Lipinski definition) is 1. The van der Waals surface area contributed by atoms with Gasteiger partial charge in [-0.05, 0) is 23.7 Å². The molecule has 1 aromatic heterocycles. The molecule has 0 saturated heterocycles. The number of furan rings is 1. The third kappa shape index (κ3) is 5.99. The topological polar surface area (TPSA) is 34.4 Å². The van der Waals surface area contributed by atoms with E-state index in [4.69, 9.17) is 16.0 Å². The van der Waals surface area contributed by atoms with Gasteiger partial charge in [0.2, 0.25) is 0 Å². The molecule has 0 radical (unpaired) electrons. The Morgan fingerprint density at radius 1 is 1.38 bits per heavy atom. The zero-order chi connectivity index (χ0) is 12.0. The molecule has 0 atom stereocenters. The summed E-state index contributed by atoms with van der Waals surface area (Å²) < 4.78 is 44.4. The van der Waals surface area contributed by atoms with Crippen LogP contribution < -0.4 is 5.32 Å². The van der Waals surface area contributed by atoms with Crippen molar-refractivity contribution < 1.29 is 22.3 Å². The molecule has 0 unspecified atom stereocenters. The average molecular weight is 258 g/mol. The standard InChI is InChI=1S/C9H11ClF3NO2/c10-8-2-1-7(16-8)5-14-3-4-15-6-9(11,12)13/h1-2,14H,3-6H2. The fourth-order valence-corrected chi connectivity index (χ4v) is 1.15. The minimum absolute atomic E-state index is 0.00600. The Bertz CT molecular complexity index is 314. The first-order valence-corrected chi connectivity index (χ1v) is 4.94. The lowest BCUT2D eigenvalue weighted by Crippen LogP contribution is -2.23. The molecule has 1 rings (SSSR count). The quantitative estimate of drug-likeness (QED) is 0.796. The fraction of sp³-hybridized carbons (Fsp3) is 0.556. The van der Waals surface area contributed by atoms with Crippen molar-refractivity contribution in [2.75, 3.05) is 19.8 Å². The van der Waals surface area contributed by atoms with Crippen LogP contribution in [0.3, 0.4) is 0 Å². The summed E-state index contributed by atoms with van der Waals surface area (Å²) in [6, 6.07) is 3.28. The summed E-state index contributed by atoms with van der Waals surface area (Å²) in [5.41, 5.74) is 0. The van der Waals surface area contributed by atoms with E-state index in [1.165, 1.54) is 0 Å². The van der Waals surface area contributed by atoms with E-state index in [2.05, 4.69) is 10.1 Å². The first-order chi connectivity index (χ1) is 7.47. The van der Waals surface area contributed by atoms with E-state index < -0.39 is 12.8 Å². The lowest BCUT2D eigenvalue weighted by Gasteiger charge is -2.07. The number of ether oxygens (including phenoxy) is 1. The molecule has 16 heavy (non-hydrogen) atoms. The lowest BCUT2D eigenvalue weighted by molar-refractivity contribution is -0.173. The van der Waals surface area contributed by atoms with Crippen molar-refractivity contribution in [1.29, 1.82) is 0 Å². The van der Waals surface area contributed by atoms with Gasteiger partial charge in [-0.1, -0.05) is 0 Å². The fourth-order valence-electron chi connectivity index (χ4n) is 0.991. The molecule has 1 heterocycles. The highest BCUT2D eigenvalue weighted by Gasteiger charge is 2.27. The molecule has 0 spiro atoms. The van der Waals surface area contributed by atoms with Crippen LogP contribution in [-0.2, 0) is 11.3 Å². The smallest absolute Gasteiger partial charge is 0.411 e. The second-order valence-corrected chi connectivity index (χ2v) is 3.42. The van der Waals surface area contributed by atoms with Crippen molar-refractivity contribution in [1.82, 2.24) is 5.32 Å². The second-order valence-electron chi connectivity index (χ2n) is 3.05. The molecule has 0 aliphatic carbocycles.